The summed E-state index contributed by atoms with van der Waals surface area (Å²) in [6.45, 7) is 2.88. The molecule has 0 heterocycles. The summed E-state index contributed by atoms with van der Waals surface area (Å²) in [5, 5.41) is 9.20. The Labute approximate surface area is 104 Å². The van der Waals surface area contributed by atoms with E-state index in [1.807, 2.05) is 12.1 Å². The normalized spacial score (nSPS) is 14.4. The van der Waals surface area contributed by atoms with Crippen molar-refractivity contribution in [2.45, 2.75) is 25.7 Å². The van der Waals surface area contributed by atoms with Crippen molar-refractivity contribution in [1.82, 2.24) is 0 Å². The van der Waals surface area contributed by atoms with Gasteiger partial charge in [0.2, 0.25) is 0 Å². The average molecular weight is 237 g/mol. The zero-order valence-electron chi connectivity index (χ0n) is 10.7. The Kier molecular flexibility index (Phi) is 6.01. The van der Waals surface area contributed by atoms with E-state index >= 15 is 0 Å². The lowest BCUT2D eigenvalue weighted by Gasteiger charge is -2.20. The third kappa shape index (κ3) is 4.02. The van der Waals surface area contributed by atoms with E-state index in [4.69, 9.17) is 10.5 Å². The number of benzene rings is 1. The van der Waals surface area contributed by atoms with E-state index in [2.05, 4.69) is 19.1 Å². The number of methoxy groups -OCH3 is 1. The van der Waals surface area contributed by atoms with Gasteiger partial charge in [-0.25, -0.2) is 0 Å². The van der Waals surface area contributed by atoms with Crippen LogP contribution in [0.5, 0.6) is 5.75 Å². The molecular weight excluding hydrogens is 214 g/mol. The molecule has 96 valence electrons. The predicted molar refractivity (Wildman–Crippen MR) is 70.3 cm³/mol. The fraction of sp³-hybridized carbons (Fsp3) is 0.571. The highest BCUT2D eigenvalue weighted by Gasteiger charge is 2.15. The van der Waals surface area contributed by atoms with Gasteiger partial charge < -0.3 is 15.6 Å². The lowest BCUT2D eigenvalue weighted by atomic mass is 9.87. The molecule has 0 aliphatic carbocycles. The first-order chi connectivity index (χ1) is 8.24. The Hall–Kier alpha value is -1.06. The van der Waals surface area contributed by atoms with Crippen LogP contribution in [0, 0.1) is 5.92 Å². The second-order valence-corrected chi connectivity index (χ2v) is 4.40. The Morgan fingerprint density at radius 2 is 1.94 bits per heavy atom. The minimum atomic E-state index is 0.170. The minimum absolute atomic E-state index is 0.170. The molecule has 1 aromatic carbocycles. The molecule has 2 unspecified atom stereocenters. The fourth-order valence-corrected chi connectivity index (χ4v) is 2.06. The van der Waals surface area contributed by atoms with Crippen molar-refractivity contribution in [3.8, 4) is 5.75 Å². The maximum atomic E-state index is 9.20. The summed E-state index contributed by atoms with van der Waals surface area (Å²) in [5.74, 6) is 1.53. The number of ether oxygens (including phenoxy) is 1. The van der Waals surface area contributed by atoms with Gasteiger partial charge in [-0.1, -0.05) is 19.1 Å². The third-order valence-corrected chi connectivity index (χ3v) is 3.29. The molecule has 3 heteroatoms. The Morgan fingerprint density at radius 3 is 2.35 bits per heavy atom. The number of rotatable bonds is 7. The van der Waals surface area contributed by atoms with Crippen molar-refractivity contribution in [2.75, 3.05) is 20.3 Å². The lowest BCUT2D eigenvalue weighted by molar-refractivity contribution is 0.214. The quantitative estimate of drug-likeness (QED) is 0.764. The van der Waals surface area contributed by atoms with Crippen molar-refractivity contribution in [2.24, 2.45) is 11.7 Å². The Balaban J connectivity index is 2.71. The predicted octanol–water partition coefficient (Wildman–Crippen LogP) is 2.15. The van der Waals surface area contributed by atoms with Crippen molar-refractivity contribution in [3.05, 3.63) is 29.8 Å². The summed E-state index contributed by atoms with van der Waals surface area (Å²) in [4.78, 5) is 0. The fourth-order valence-electron chi connectivity index (χ4n) is 2.06. The van der Waals surface area contributed by atoms with E-state index < -0.39 is 0 Å². The molecule has 1 aromatic rings. The highest BCUT2D eigenvalue weighted by Crippen LogP contribution is 2.28. The van der Waals surface area contributed by atoms with E-state index in [9.17, 15) is 5.11 Å². The average Bonchev–Trinajstić information content (AvgIpc) is 2.40. The van der Waals surface area contributed by atoms with Gasteiger partial charge in [0.25, 0.3) is 0 Å². The summed E-state index contributed by atoms with van der Waals surface area (Å²) >= 11 is 0. The summed E-state index contributed by atoms with van der Waals surface area (Å²) in [5.41, 5.74) is 6.92. The van der Waals surface area contributed by atoms with Gasteiger partial charge in [0.05, 0.1) is 7.11 Å². The van der Waals surface area contributed by atoms with E-state index in [-0.39, 0.29) is 12.5 Å². The van der Waals surface area contributed by atoms with Crippen molar-refractivity contribution in [1.29, 1.82) is 0 Å². The van der Waals surface area contributed by atoms with E-state index in [0.29, 0.717) is 12.5 Å². The van der Waals surface area contributed by atoms with Crippen LogP contribution in [0.4, 0.5) is 0 Å². The number of hydrogen-bond donors (Lipinski definition) is 2. The van der Waals surface area contributed by atoms with Crippen LogP contribution in [0.1, 0.15) is 31.2 Å². The second kappa shape index (κ2) is 7.30. The SMILES string of the molecule is CCC(CC(CN)CO)c1ccc(OC)cc1. The van der Waals surface area contributed by atoms with Crippen molar-refractivity contribution >= 4 is 0 Å². The van der Waals surface area contributed by atoms with Crippen LogP contribution >= 0.6 is 0 Å². The lowest BCUT2D eigenvalue weighted by Crippen LogP contribution is -2.20. The first-order valence-electron chi connectivity index (χ1n) is 6.20. The highest BCUT2D eigenvalue weighted by atomic mass is 16.5. The standard InChI is InChI=1S/C14H23NO2/c1-3-12(8-11(9-15)10-16)13-4-6-14(17-2)7-5-13/h4-7,11-12,16H,3,8-10,15H2,1-2H3. The maximum Gasteiger partial charge on any atom is 0.118 e. The van der Waals surface area contributed by atoms with Crippen molar-refractivity contribution in [3.63, 3.8) is 0 Å². The monoisotopic (exact) mass is 237 g/mol. The molecule has 3 N–H and O–H groups in total. The molecule has 0 fully saturated rings. The molecular formula is C14H23NO2. The van der Waals surface area contributed by atoms with E-state index in [1.54, 1.807) is 7.11 Å². The molecule has 17 heavy (non-hydrogen) atoms. The van der Waals surface area contributed by atoms with Crippen molar-refractivity contribution < 1.29 is 9.84 Å². The highest BCUT2D eigenvalue weighted by molar-refractivity contribution is 5.29. The molecule has 0 aromatic heterocycles. The molecule has 0 aliphatic heterocycles. The molecule has 1 rings (SSSR count). The summed E-state index contributed by atoms with van der Waals surface area (Å²) in [7, 11) is 1.67. The van der Waals surface area contributed by atoms with E-state index in [0.717, 1.165) is 18.6 Å². The molecule has 3 nitrogen and oxygen atoms in total. The number of nitrogens with two attached hydrogens (primary N) is 1. The topological polar surface area (TPSA) is 55.5 Å². The van der Waals surface area contributed by atoms with Gasteiger partial charge in [0.15, 0.2) is 0 Å². The van der Waals surface area contributed by atoms with Gasteiger partial charge in [-0.2, -0.15) is 0 Å². The van der Waals surface area contributed by atoms with Crippen LogP contribution in [0.2, 0.25) is 0 Å². The molecule has 2 atom stereocenters. The second-order valence-electron chi connectivity index (χ2n) is 4.40. The van der Waals surface area contributed by atoms with E-state index in [1.165, 1.54) is 5.56 Å². The summed E-state index contributed by atoms with van der Waals surface area (Å²) in [6.07, 6.45) is 2.00. The first-order valence-corrected chi connectivity index (χ1v) is 6.20. The third-order valence-electron chi connectivity index (χ3n) is 3.29. The van der Waals surface area contributed by atoms with Crippen LogP contribution < -0.4 is 10.5 Å². The van der Waals surface area contributed by atoms with Crippen LogP contribution in [0.25, 0.3) is 0 Å². The zero-order chi connectivity index (χ0) is 12.7. The Bertz CT molecular complexity index is 307. The van der Waals surface area contributed by atoms with Gasteiger partial charge in [-0.05, 0) is 48.9 Å². The van der Waals surface area contributed by atoms with Crippen LogP contribution in [0.3, 0.4) is 0 Å². The number of hydrogen-bond acceptors (Lipinski definition) is 3. The van der Waals surface area contributed by atoms with Crippen LogP contribution in [-0.2, 0) is 0 Å². The zero-order valence-corrected chi connectivity index (χ0v) is 10.7. The van der Waals surface area contributed by atoms with Crippen LogP contribution in [-0.4, -0.2) is 25.4 Å². The van der Waals surface area contributed by atoms with Crippen LogP contribution in [0.15, 0.2) is 24.3 Å². The van der Waals surface area contributed by atoms with Gasteiger partial charge in [-0.15, -0.1) is 0 Å². The first kappa shape index (κ1) is 14.0. The maximum absolute atomic E-state index is 9.20. The molecule has 0 bridgehead atoms. The molecule has 0 spiro atoms. The molecule has 0 radical (unpaired) electrons. The molecule has 0 amide bonds. The summed E-state index contributed by atoms with van der Waals surface area (Å²) in [6, 6.07) is 8.15. The van der Waals surface area contributed by atoms with Gasteiger partial charge in [0.1, 0.15) is 5.75 Å². The number of aliphatic hydroxyl groups excluding tert-OH is 1. The van der Waals surface area contributed by atoms with Gasteiger partial charge in [0, 0.05) is 6.61 Å². The largest absolute Gasteiger partial charge is 0.497 e. The van der Waals surface area contributed by atoms with Gasteiger partial charge >= 0.3 is 0 Å². The Morgan fingerprint density at radius 1 is 1.29 bits per heavy atom. The number of aliphatic hydroxyl groups is 1. The molecule has 0 aliphatic rings. The minimum Gasteiger partial charge on any atom is -0.497 e. The smallest absolute Gasteiger partial charge is 0.118 e. The summed E-state index contributed by atoms with van der Waals surface area (Å²) < 4.78 is 5.15. The molecule has 0 saturated carbocycles. The molecule has 0 saturated heterocycles. The van der Waals surface area contributed by atoms with Gasteiger partial charge in [-0.3, -0.25) is 0 Å².